The van der Waals surface area contributed by atoms with Crippen molar-refractivity contribution in [1.82, 2.24) is 20.5 Å². The standard InChI is InChI=1S/C29H34N4O3S/c34-25-7-6-24(27(35)32-25)33-15-23-20(2-1-3-22(23)28(33)36)4-5-21-16-37-26(31-21)14-30-29-11-17-8-18(12-29)10-19(9-17)13-29/h1-3,16-19,24,30H,4-15H2,(H,32,34,35). The number of hydrogen-bond acceptors (Lipinski definition) is 6. The molecule has 0 spiro atoms. The minimum atomic E-state index is -0.576. The highest BCUT2D eigenvalue weighted by Crippen LogP contribution is 2.55. The smallest absolute Gasteiger partial charge is 0.255 e. The molecular weight excluding hydrogens is 484 g/mol. The van der Waals surface area contributed by atoms with Gasteiger partial charge in [-0.1, -0.05) is 12.1 Å². The number of aromatic nitrogens is 1. The van der Waals surface area contributed by atoms with Gasteiger partial charge in [-0.25, -0.2) is 4.98 Å². The first-order chi connectivity index (χ1) is 17.9. The Morgan fingerprint density at radius 2 is 1.81 bits per heavy atom. The summed E-state index contributed by atoms with van der Waals surface area (Å²) in [6.45, 7) is 1.29. The molecule has 2 aromatic rings. The Hall–Kier alpha value is -2.58. The molecule has 4 aliphatic carbocycles. The molecule has 5 fully saturated rings. The molecule has 1 unspecified atom stereocenters. The van der Waals surface area contributed by atoms with Crippen LogP contribution in [0.25, 0.3) is 0 Å². The number of imide groups is 1. The van der Waals surface area contributed by atoms with Crippen LogP contribution in [0.15, 0.2) is 23.6 Å². The van der Waals surface area contributed by atoms with E-state index in [2.05, 4.69) is 22.1 Å². The molecule has 3 heterocycles. The average molecular weight is 519 g/mol. The first kappa shape index (κ1) is 23.5. The lowest BCUT2D eigenvalue weighted by Crippen LogP contribution is -2.58. The van der Waals surface area contributed by atoms with Gasteiger partial charge in [-0.05, 0) is 92.7 Å². The number of hydrogen-bond donors (Lipinski definition) is 2. The van der Waals surface area contributed by atoms with Gasteiger partial charge in [0.1, 0.15) is 11.0 Å². The van der Waals surface area contributed by atoms with Crippen LogP contribution >= 0.6 is 11.3 Å². The van der Waals surface area contributed by atoms with Gasteiger partial charge in [0.2, 0.25) is 11.8 Å². The Morgan fingerprint density at radius 3 is 2.54 bits per heavy atom. The number of carbonyl (C=O) groups excluding carboxylic acids is 3. The summed E-state index contributed by atoms with van der Waals surface area (Å²) in [4.78, 5) is 43.6. The summed E-state index contributed by atoms with van der Waals surface area (Å²) < 4.78 is 0. The number of aryl methyl sites for hydroxylation is 2. The second-order valence-corrected chi connectivity index (χ2v) is 13.1. The first-order valence-electron chi connectivity index (χ1n) is 13.9. The molecule has 6 aliphatic rings. The quantitative estimate of drug-likeness (QED) is 0.545. The van der Waals surface area contributed by atoms with Gasteiger partial charge in [-0.2, -0.15) is 0 Å². The summed E-state index contributed by atoms with van der Waals surface area (Å²) in [6.07, 6.45) is 10.7. The Labute approximate surface area is 221 Å². The molecule has 7 nitrogen and oxygen atoms in total. The van der Waals surface area contributed by atoms with Gasteiger partial charge >= 0.3 is 0 Å². The molecule has 1 aromatic carbocycles. The Morgan fingerprint density at radius 1 is 1.05 bits per heavy atom. The second kappa shape index (κ2) is 9.02. The monoisotopic (exact) mass is 518 g/mol. The SMILES string of the molecule is O=C1CCC(N2Cc3c(CCc4csc(CNC56CC7CC(CC(C7)C5)C6)n4)cccc3C2=O)C(=O)N1. The van der Waals surface area contributed by atoms with Crippen LogP contribution in [0.3, 0.4) is 0 Å². The Bertz CT molecular complexity index is 1230. The molecule has 1 atom stereocenters. The lowest BCUT2D eigenvalue weighted by atomic mass is 9.53. The van der Waals surface area contributed by atoms with Crippen molar-refractivity contribution in [2.24, 2.45) is 17.8 Å². The van der Waals surface area contributed by atoms with Crippen molar-refractivity contribution in [1.29, 1.82) is 0 Å². The van der Waals surface area contributed by atoms with E-state index in [4.69, 9.17) is 4.98 Å². The zero-order valence-corrected chi connectivity index (χ0v) is 21.9. The normalized spacial score (nSPS) is 32.2. The highest BCUT2D eigenvalue weighted by Gasteiger charge is 2.50. The summed E-state index contributed by atoms with van der Waals surface area (Å²) in [7, 11) is 0. The molecule has 194 valence electrons. The van der Waals surface area contributed by atoms with Gasteiger partial charge in [0.25, 0.3) is 5.91 Å². The van der Waals surface area contributed by atoms with Crippen LogP contribution in [0.5, 0.6) is 0 Å². The molecule has 37 heavy (non-hydrogen) atoms. The van der Waals surface area contributed by atoms with E-state index < -0.39 is 6.04 Å². The summed E-state index contributed by atoms with van der Waals surface area (Å²) in [5, 5.41) is 9.69. The maximum Gasteiger partial charge on any atom is 0.255 e. The zero-order valence-electron chi connectivity index (χ0n) is 21.1. The number of nitrogens with one attached hydrogen (secondary N) is 2. The van der Waals surface area contributed by atoms with E-state index in [-0.39, 0.29) is 24.1 Å². The molecule has 4 bridgehead atoms. The summed E-state index contributed by atoms with van der Waals surface area (Å²) in [6, 6.07) is 5.29. The maximum absolute atomic E-state index is 13.1. The van der Waals surface area contributed by atoms with Crippen LogP contribution in [-0.4, -0.2) is 39.2 Å². The van der Waals surface area contributed by atoms with Crippen molar-refractivity contribution in [2.75, 3.05) is 0 Å². The van der Waals surface area contributed by atoms with Crippen LogP contribution in [0.2, 0.25) is 0 Å². The Kier molecular flexibility index (Phi) is 5.73. The maximum atomic E-state index is 13.1. The molecule has 1 aromatic heterocycles. The van der Waals surface area contributed by atoms with E-state index in [9.17, 15) is 14.4 Å². The third-order valence-corrected chi connectivity index (χ3v) is 10.5. The van der Waals surface area contributed by atoms with E-state index in [1.165, 1.54) is 43.5 Å². The van der Waals surface area contributed by atoms with Crippen molar-refractivity contribution < 1.29 is 14.4 Å². The number of nitrogens with zero attached hydrogens (tertiary/aromatic N) is 2. The zero-order chi connectivity index (χ0) is 25.1. The summed E-state index contributed by atoms with van der Waals surface area (Å²) >= 11 is 1.75. The van der Waals surface area contributed by atoms with Gasteiger partial charge in [0, 0.05) is 36.0 Å². The van der Waals surface area contributed by atoms with Crippen LogP contribution in [0, 0.1) is 17.8 Å². The fourth-order valence-corrected chi connectivity index (χ4v) is 9.05. The highest BCUT2D eigenvalue weighted by molar-refractivity contribution is 7.09. The number of carbonyl (C=O) groups is 3. The molecule has 0 radical (unpaired) electrons. The van der Waals surface area contributed by atoms with E-state index in [1.807, 2.05) is 12.1 Å². The van der Waals surface area contributed by atoms with Gasteiger partial charge in [-0.15, -0.1) is 11.3 Å². The van der Waals surface area contributed by atoms with Gasteiger partial charge in [0.15, 0.2) is 0 Å². The van der Waals surface area contributed by atoms with Crippen LogP contribution in [0.1, 0.15) is 83.6 Å². The number of amides is 3. The van der Waals surface area contributed by atoms with Gasteiger partial charge in [0.05, 0.1) is 5.69 Å². The lowest BCUT2D eigenvalue weighted by Gasteiger charge is -2.57. The van der Waals surface area contributed by atoms with E-state index >= 15 is 0 Å². The molecular formula is C29H34N4O3S. The largest absolute Gasteiger partial charge is 0.322 e. The number of fused-ring (bicyclic) bond motifs is 1. The fraction of sp³-hybridized carbons (Fsp3) is 0.586. The highest BCUT2D eigenvalue weighted by atomic mass is 32.1. The predicted octanol–water partition coefficient (Wildman–Crippen LogP) is 3.75. The van der Waals surface area contributed by atoms with Gasteiger partial charge < -0.3 is 10.2 Å². The van der Waals surface area contributed by atoms with Crippen molar-refractivity contribution in [3.8, 4) is 0 Å². The molecule has 3 amide bonds. The number of piperidine rings is 1. The fourth-order valence-electron chi connectivity index (χ4n) is 8.28. The van der Waals surface area contributed by atoms with E-state index in [1.54, 1.807) is 16.2 Å². The number of benzene rings is 1. The lowest BCUT2D eigenvalue weighted by molar-refractivity contribution is -0.136. The Balaban J connectivity index is 0.985. The molecule has 8 heteroatoms. The molecule has 1 saturated heterocycles. The van der Waals surface area contributed by atoms with Crippen LogP contribution < -0.4 is 10.6 Å². The van der Waals surface area contributed by atoms with Crippen LogP contribution in [-0.2, 0) is 35.5 Å². The summed E-state index contributed by atoms with van der Waals surface area (Å²) in [5.41, 5.74) is 4.29. The second-order valence-electron chi connectivity index (χ2n) is 12.1. The summed E-state index contributed by atoms with van der Waals surface area (Å²) in [5.74, 6) is 2.08. The van der Waals surface area contributed by atoms with Crippen molar-refractivity contribution in [3.63, 3.8) is 0 Å². The number of thiazole rings is 1. The van der Waals surface area contributed by atoms with Crippen LogP contribution in [0.4, 0.5) is 0 Å². The van der Waals surface area contributed by atoms with E-state index in [0.29, 0.717) is 24.1 Å². The van der Waals surface area contributed by atoms with Gasteiger partial charge in [-0.3, -0.25) is 19.7 Å². The molecule has 8 rings (SSSR count). The third kappa shape index (κ3) is 4.32. The third-order valence-electron chi connectivity index (χ3n) is 9.58. The average Bonchev–Trinajstić information content (AvgIpc) is 3.45. The topological polar surface area (TPSA) is 91.4 Å². The minimum absolute atomic E-state index is 0.113. The van der Waals surface area contributed by atoms with E-state index in [0.717, 1.165) is 54.0 Å². The molecule has 2 N–H and O–H groups in total. The minimum Gasteiger partial charge on any atom is -0.322 e. The van der Waals surface area contributed by atoms with Crippen molar-refractivity contribution in [3.05, 3.63) is 51.0 Å². The molecule has 4 saturated carbocycles. The van der Waals surface area contributed by atoms with Crippen molar-refractivity contribution in [2.45, 2.75) is 88.9 Å². The molecule has 2 aliphatic heterocycles. The van der Waals surface area contributed by atoms with Crippen molar-refractivity contribution >= 4 is 29.1 Å². The number of rotatable bonds is 7. The predicted molar refractivity (Wildman–Crippen MR) is 140 cm³/mol. The first-order valence-corrected chi connectivity index (χ1v) is 14.8.